The number of halogens is 1. The second-order valence-electron chi connectivity index (χ2n) is 5.60. The summed E-state index contributed by atoms with van der Waals surface area (Å²) in [7, 11) is 1.76. The normalized spacial score (nSPS) is 11.0. The quantitative estimate of drug-likeness (QED) is 0.768. The predicted octanol–water partition coefficient (Wildman–Crippen LogP) is 3.68. The van der Waals surface area contributed by atoms with Crippen molar-refractivity contribution in [2.75, 3.05) is 13.6 Å². The molecule has 1 N–H and O–H groups in total. The molecule has 0 unspecified atom stereocenters. The van der Waals surface area contributed by atoms with Gasteiger partial charge in [-0.2, -0.15) is 4.98 Å². The summed E-state index contributed by atoms with van der Waals surface area (Å²) in [4.78, 5) is 19.0. The molecule has 0 saturated heterocycles. The van der Waals surface area contributed by atoms with Gasteiger partial charge in [0, 0.05) is 30.8 Å². The number of carbonyl (C=O) groups is 1. The molecule has 0 aromatic carbocycles. The van der Waals surface area contributed by atoms with Crippen LogP contribution in [0.1, 0.15) is 42.8 Å². The Morgan fingerprint density at radius 1 is 1.48 bits per heavy atom. The summed E-state index contributed by atoms with van der Waals surface area (Å²) in [6, 6.07) is 3.66. The number of rotatable bonds is 7. The number of aryl methyl sites for hydroxylation is 1. The van der Waals surface area contributed by atoms with Crippen LogP contribution in [0.3, 0.4) is 0 Å². The first kappa shape index (κ1) is 17.7. The zero-order valence-electron chi connectivity index (χ0n) is 13.5. The van der Waals surface area contributed by atoms with Crippen LogP contribution in [-0.2, 0) is 13.0 Å². The van der Waals surface area contributed by atoms with Gasteiger partial charge in [0.15, 0.2) is 5.82 Å². The van der Waals surface area contributed by atoms with Crippen molar-refractivity contribution >= 4 is 29.0 Å². The zero-order chi connectivity index (χ0) is 16.8. The maximum Gasteiger partial charge on any atom is 0.317 e. The summed E-state index contributed by atoms with van der Waals surface area (Å²) in [6.07, 6.45) is 1.41. The molecule has 0 aliphatic carbocycles. The minimum Gasteiger partial charge on any atom is -0.339 e. The largest absolute Gasteiger partial charge is 0.339 e. The van der Waals surface area contributed by atoms with E-state index in [0.717, 1.165) is 21.5 Å². The molecule has 2 amide bonds. The third-order valence-corrected chi connectivity index (χ3v) is 4.43. The first-order valence-electron chi connectivity index (χ1n) is 7.51. The average Bonchev–Trinajstić information content (AvgIpc) is 3.12. The van der Waals surface area contributed by atoms with Crippen molar-refractivity contribution in [2.45, 2.75) is 39.2 Å². The number of hydrogen-bond donors (Lipinski definition) is 1. The van der Waals surface area contributed by atoms with E-state index >= 15 is 0 Å². The topological polar surface area (TPSA) is 71.3 Å². The lowest BCUT2D eigenvalue weighted by Gasteiger charge is -2.16. The highest BCUT2D eigenvalue weighted by Crippen LogP contribution is 2.22. The van der Waals surface area contributed by atoms with Gasteiger partial charge in [0.05, 0.1) is 10.9 Å². The second kappa shape index (κ2) is 8.31. The Balaban J connectivity index is 1.67. The van der Waals surface area contributed by atoms with Gasteiger partial charge in [-0.1, -0.05) is 30.6 Å². The SMILES string of the molecule is CC(C)c1noc(CCCNC(=O)N(C)Cc2ccc(Cl)s2)n1. The van der Waals surface area contributed by atoms with E-state index in [1.165, 1.54) is 11.3 Å². The van der Waals surface area contributed by atoms with Crippen LogP contribution in [-0.4, -0.2) is 34.7 Å². The van der Waals surface area contributed by atoms with Crippen LogP contribution in [0.15, 0.2) is 16.7 Å². The van der Waals surface area contributed by atoms with Gasteiger partial charge in [-0.3, -0.25) is 0 Å². The van der Waals surface area contributed by atoms with E-state index in [4.69, 9.17) is 16.1 Å². The molecule has 2 aromatic rings. The van der Waals surface area contributed by atoms with Crippen LogP contribution in [0, 0.1) is 0 Å². The van der Waals surface area contributed by atoms with Gasteiger partial charge in [-0.15, -0.1) is 11.3 Å². The third-order valence-electron chi connectivity index (χ3n) is 3.21. The fraction of sp³-hybridized carbons (Fsp3) is 0.533. The van der Waals surface area contributed by atoms with Crippen LogP contribution in [0.4, 0.5) is 4.79 Å². The standard InChI is InChI=1S/C15H21ClN4O2S/c1-10(2)14-18-13(22-19-14)5-4-8-17-15(21)20(3)9-11-6-7-12(16)23-11/h6-7,10H,4-5,8-9H2,1-3H3,(H,17,21). The average molecular weight is 357 g/mol. The lowest BCUT2D eigenvalue weighted by molar-refractivity contribution is 0.207. The van der Waals surface area contributed by atoms with Crippen LogP contribution < -0.4 is 5.32 Å². The fourth-order valence-corrected chi connectivity index (χ4v) is 3.06. The van der Waals surface area contributed by atoms with E-state index < -0.39 is 0 Å². The van der Waals surface area contributed by atoms with Crippen molar-refractivity contribution in [1.29, 1.82) is 0 Å². The molecule has 23 heavy (non-hydrogen) atoms. The molecular formula is C15H21ClN4O2S. The Kier molecular flexibility index (Phi) is 6.41. The highest BCUT2D eigenvalue weighted by molar-refractivity contribution is 7.16. The van der Waals surface area contributed by atoms with E-state index in [-0.39, 0.29) is 11.9 Å². The molecule has 0 aliphatic heterocycles. The summed E-state index contributed by atoms with van der Waals surface area (Å²) in [5, 5.41) is 6.79. The van der Waals surface area contributed by atoms with Gasteiger partial charge in [-0.25, -0.2) is 4.79 Å². The van der Waals surface area contributed by atoms with E-state index in [1.807, 2.05) is 26.0 Å². The number of thiophene rings is 1. The highest BCUT2D eigenvalue weighted by atomic mass is 35.5. The van der Waals surface area contributed by atoms with Gasteiger partial charge < -0.3 is 14.7 Å². The van der Waals surface area contributed by atoms with Gasteiger partial charge in [-0.05, 0) is 18.6 Å². The summed E-state index contributed by atoms with van der Waals surface area (Å²) in [5.74, 6) is 1.59. The molecule has 0 bridgehead atoms. The Morgan fingerprint density at radius 3 is 2.87 bits per heavy atom. The van der Waals surface area contributed by atoms with Gasteiger partial charge >= 0.3 is 6.03 Å². The molecule has 0 aliphatic rings. The lowest BCUT2D eigenvalue weighted by Crippen LogP contribution is -2.37. The second-order valence-corrected chi connectivity index (χ2v) is 7.40. The van der Waals surface area contributed by atoms with Crippen molar-refractivity contribution in [3.63, 3.8) is 0 Å². The molecular weight excluding hydrogens is 336 g/mol. The molecule has 0 radical (unpaired) electrons. The number of aromatic nitrogens is 2. The molecule has 8 heteroatoms. The molecule has 0 fully saturated rings. The van der Waals surface area contributed by atoms with Crippen LogP contribution in [0.5, 0.6) is 0 Å². The highest BCUT2D eigenvalue weighted by Gasteiger charge is 2.11. The summed E-state index contributed by atoms with van der Waals surface area (Å²) in [6.45, 7) is 5.15. The lowest BCUT2D eigenvalue weighted by atomic mass is 10.2. The summed E-state index contributed by atoms with van der Waals surface area (Å²) in [5.41, 5.74) is 0. The van der Waals surface area contributed by atoms with Crippen LogP contribution in [0.2, 0.25) is 4.34 Å². The number of urea groups is 1. The zero-order valence-corrected chi connectivity index (χ0v) is 15.1. The molecule has 0 saturated carbocycles. The Hall–Kier alpha value is -1.60. The fourth-order valence-electron chi connectivity index (χ4n) is 1.92. The predicted molar refractivity (Wildman–Crippen MR) is 90.9 cm³/mol. The van der Waals surface area contributed by atoms with Gasteiger partial charge in [0.1, 0.15) is 0 Å². The van der Waals surface area contributed by atoms with Gasteiger partial charge in [0.25, 0.3) is 0 Å². The first-order chi connectivity index (χ1) is 11.0. The molecule has 0 spiro atoms. The maximum absolute atomic E-state index is 12.0. The molecule has 2 aromatic heterocycles. The first-order valence-corrected chi connectivity index (χ1v) is 8.71. The molecule has 2 heterocycles. The van der Waals surface area contributed by atoms with Crippen molar-refractivity contribution < 1.29 is 9.32 Å². The minimum atomic E-state index is -0.108. The molecule has 0 atom stereocenters. The Labute approximate surface area is 144 Å². The van der Waals surface area contributed by atoms with Crippen molar-refractivity contribution in [2.24, 2.45) is 0 Å². The Bertz CT molecular complexity index is 641. The molecule has 126 valence electrons. The van der Waals surface area contributed by atoms with Crippen LogP contribution in [0.25, 0.3) is 0 Å². The number of nitrogens with one attached hydrogen (secondary N) is 1. The maximum atomic E-state index is 12.0. The minimum absolute atomic E-state index is 0.108. The smallest absolute Gasteiger partial charge is 0.317 e. The number of hydrogen-bond acceptors (Lipinski definition) is 5. The van der Waals surface area contributed by atoms with Crippen LogP contribution >= 0.6 is 22.9 Å². The van der Waals surface area contributed by atoms with Gasteiger partial charge in [0.2, 0.25) is 5.89 Å². The number of carbonyl (C=O) groups excluding carboxylic acids is 1. The van der Waals surface area contributed by atoms with E-state index in [2.05, 4.69) is 15.5 Å². The monoisotopic (exact) mass is 356 g/mol. The Morgan fingerprint density at radius 2 is 2.26 bits per heavy atom. The van der Waals surface area contributed by atoms with E-state index in [9.17, 15) is 4.79 Å². The molecule has 2 rings (SSSR count). The molecule has 6 nitrogen and oxygen atoms in total. The van der Waals surface area contributed by atoms with Crippen molar-refractivity contribution in [3.8, 4) is 0 Å². The summed E-state index contributed by atoms with van der Waals surface area (Å²) >= 11 is 7.36. The number of amides is 2. The third kappa shape index (κ3) is 5.51. The van der Waals surface area contributed by atoms with Crippen molar-refractivity contribution in [3.05, 3.63) is 33.1 Å². The number of nitrogens with zero attached hydrogens (tertiary/aromatic N) is 3. The van der Waals surface area contributed by atoms with E-state index in [1.54, 1.807) is 11.9 Å². The van der Waals surface area contributed by atoms with E-state index in [0.29, 0.717) is 25.4 Å². The summed E-state index contributed by atoms with van der Waals surface area (Å²) < 4.78 is 5.90. The van der Waals surface area contributed by atoms with Crippen molar-refractivity contribution in [1.82, 2.24) is 20.4 Å².